The average molecular weight is 465 g/mol. The molecular weight excluding hydrogens is 451 g/mol. The Labute approximate surface area is 164 Å². The highest BCUT2D eigenvalue weighted by molar-refractivity contribution is 14.1. The molecule has 0 heterocycles. The molecule has 0 spiro atoms. The topological polar surface area (TPSA) is 50.7 Å². The third-order valence-electron chi connectivity index (χ3n) is 3.49. The van der Waals surface area contributed by atoms with Crippen LogP contribution in [0.1, 0.15) is 5.56 Å². The van der Waals surface area contributed by atoms with Crippen molar-refractivity contribution in [3.8, 4) is 5.75 Å². The van der Waals surface area contributed by atoms with Gasteiger partial charge in [-0.15, -0.1) is 0 Å². The molecule has 0 fully saturated rings. The lowest BCUT2D eigenvalue weighted by atomic mass is 10.1. The highest BCUT2D eigenvalue weighted by Gasteiger charge is 2.07. The van der Waals surface area contributed by atoms with Crippen LogP contribution in [0.2, 0.25) is 5.02 Å². The summed E-state index contributed by atoms with van der Waals surface area (Å²) in [6, 6.07) is 18.9. The minimum absolute atomic E-state index is 0.130. The molecule has 0 aliphatic carbocycles. The molecule has 0 atom stereocenters. The van der Waals surface area contributed by atoms with E-state index in [9.17, 15) is 4.79 Å². The van der Waals surface area contributed by atoms with Crippen molar-refractivity contribution >= 4 is 57.1 Å². The molecule has 1 N–H and O–H groups in total. The van der Waals surface area contributed by atoms with Crippen molar-refractivity contribution in [1.29, 1.82) is 0 Å². The van der Waals surface area contributed by atoms with Gasteiger partial charge in [0.2, 0.25) is 0 Å². The molecule has 1 amide bonds. The summed E-state index contributed by atoms with van der Waals surface area (Å²) in [5.74, 6) is 0.276. The first kappa shape index (κ1) is 17.7. The maximum absolute atomic E-state index is 11.9. The molecule has 0 aliphatic heterocycles. The Morgan fingerprint density at radius 2 is 1.80 bits per heavy atom. The van der Waals surface area contributed by atoms with E-state index in [0.29, 0.717) is 10.8 Å². The summed E-state index contributed by atoms with van der Waals surface area (Å²) in [6.45, 7) is -0.130. The SMILES string of the molecule is O=C(COc1ccc(Cl)c2ccccc12)N/N=C/c1ccccc1I. The van der Waals surface area contributed by atoms with Gasteiger partial charge < -0.3 is 4.74 Å². The summed E-state index contributed by atoms with van der Waals surface area (Å²) < 4.78 is 6.67. The third-order valence-corrected chi connectivity index (χ3v) is 4.80. The van der Waals surface area contributed by atoms with Gasteiger partial charge in [-0.05, 0) is 40.8 Å². The molecule has 0 radical (unpaired) electrons. The number of rotatable bonds is 5. The monoisotopic (exact) mass is 464 g/mol. The van der Waals surface area contributed by atoms with Gasteiger partial charge in [-0.1, -0.05) is 54.1 Å². The first-order chi connectivity index (χ1) is 12.1. The normalized spacial score (nSPS) is 11.0. The lowest BCUT2D eigenvalue weighted by Crippen LogP contribution is -2.24. The Morgan fingerprint density at radius 3 is 2.60 bits per heavy atom. The van der Waals surface area contributed by atoms with E-state index in [0.717, 1.165) is 19.9 Å². The Hall–Kier alpha value is -2.12. The largest absolute Gasteiger partial charge is 0.483 e. The van der Waals surface area contributed by atoms with E-state index in [-0.39, 0.29) is 12.5 Å². The molecular formula is C19H14ClIN2O2. The molecule has 0 unspecified atom stereocenters. The molecule has 0 bridgehead atoms. The van der Waals surface area contributed by atoms with Gasteiger partial charge in [0.05, 0.1) is 6.21 Å². The first-order valence-corrected chi connectivity index (χ1v) is 8.97. The van der Waals surface area contributed by atoms with Crippen LogP contribution in [0, 0.1) is 3.57 Å². The van der Waals surface area contributed by atoms with Crippen LogP contribution in [0.5, 0.6) is 5.75 Å². The van der Waals surface area contributed by atoms with E-state index in [1.165, 1.54) is 0 Å². The van der Waals surface area contributed by atoms with Gasteiger partial charge in [0.15, 0.2) is 6.61 Å². The number of ether oxygens (including phenoxy) is 1. The number of hydrogen-bond donors (Lipinski definition) is 1. The smallest absolute Gasteiger partial charge is 0.277 e. The summed E-state index contributed by atoms with van der Waals surface area (Å²) in [5, 5.41) is 6.36. The number of fused-ring (bicyclic) bond motifs is 1. The molecule has 3 rings (SSSR count). The van der Waals surface area contributed by atoms with Crippen LogP contribution in [0.3, 0.4) is 0 Å². The summed E-state index contributed by atoms with van der Waals surface area (Å²) in [7, 11) is 0. The predicted molar refractivity (Wildman–Crippen MR) is 109 cm³/mol. The Kier molecular flexibility index (Phi) is 5.88. The molecule has 3 aromatic rings. The quantitative estimate of drug-likeness (QED) is 0.340. The number of hydrogen-bond acceptors (Lipinski definition) is 3. The highest BCUT2D eigenvalue weighted by Crippen LogP contribution is 2.31. The van der Waals surface area contributed by atoms with Crippen molar-refractivity contribution in [2.24, 2.45) is 5.10 Å². The number of carbonyl (C=O) groups is 1. The van der Waals surface area contributed by atoms with Gasteiger partial charge in [-0.2, -0.15) is 5.10 Å². The van der Waals surface area contributed by atoms with E-state index in [4.69, 9.17) is 16.3 Å². The fourth-order valence-electron chi connectivity index (χ4n) is 2.29. The van der Waals surface area contributed by atoms with Crippen molar-refractivity contribution in [3.63, 3.8) is 0 Å². The summed E-state index contributed by atoms with van der Waals surface area (Å²) in [6.07, 6.45) is 1.61. The van der Waals surface area contributed by atoms with E-state index in [1.54, 1.807) is 18.3 Å². The second-order valence-electron chi connectivity index (χ2n) is 5.19. The van der Waals surface area contributed by atoms with E-state index >= 15 is 0 Å². The summed E-state index contributed by atoms with van der Waals surface area (Å²) in [4.78, 5) is 11.9. The lowest BCUT2D eigenvalue weighted by Gasteiger charge is -2.09. The number of nitrogens with one attached hydrogen (secondary N) is 1. The maximum Gasteiger partial charge on any atom is 0.277 e. The fourth-order valence-corrected chi connectivity index (χ4v) is 3.04. The number of carbonyl (C=O) groups excluding carboxylic acids is 1. The lowest BCUT2D eigenvalue weighted by molar-refractivity contribution is -0.123. The minimum Gasteiger partial charge on any atom is -0.483 e. The Morgan fingerprint density at radius 1 is 1.08 bits per heavy atom. The van der Waals surface area contributed by atoms with Gasteiger partial charge in [0, 0.05) is 24.9 Å². The number of nitrogens with zero attached hydrogens (tertiary/aromatic N) is 1. The van der Waals surface area contributed by atoms with E-state index < -0.39 is 0 Å². The van der Waals surface area contributed by atoms with Gasteiger partial charge in [-0.3, -0.25) is 4.79 Å². The van der Waals surface area contributed by atoms with Crippen LogP contribution < -0.4 is 10.2 Å². The molecule has 25 heavy (non-hydrogen) atoms. The first-order valence-electron chi connectivity index (χ1n) is 7.51. The van der Waals surface area contributed by atoms with Crippen LogP contribution >= 0.6 is 34.2 Å². The van der Waals surface area contributed by atoms with E-state index in [2.05, 4.69) is 33.1 Å². The van der Waals surface area contributed by atoms with Crippen molar-refractivity contribution in [1.82, 2.24) is 5.43 Å². The van der Waals surface area contributed by atoms with Crippen molar-refractivity contribution in [2.75, 3.05) is 6.61 Å². The molecule has 0 saturated carbocycles. The van der Waals surface area contributed by atoms with Crippen LogP contribution in [0.15, 0.2) is 65.8 Å². The molecule has 4 nitrogen and oxygen atoms in total. The summed E-state index contributed by atoms with van der Waals surface area (Å²) >= 11 is 8.39. The van der Waals surface area contributed by atoms with Crippen molar-refractivity contribution < 1.29 is 9.53 Å². The zero-order chi connectivity index (χ0) is 17.6. The zero-order valence-corrected chi connectivity index (χ0v) is 16.0. The van der Waals surface area contributed by atoms with Crippen LogP contribution in [-0.4, -0.2) is 18.7 Å². The molecule has 126 valence electrons. The number of benzene rings is 3. The minimum atomic E-state index is -0.332. The average Bonchev–Trinajstić information content (AvgIpc) is 2.63. The van der Waals surface area contributed by atoms with Crippen LogP contribution in [0.4, 0.5) is 0 Å². The Balaban J connectivity index is 1.62. The van der Waals surface area contributed by atoms with Crippen molar-refractivity contribution in [3.05, 3.63) is 74.8 Å². The van der Waals surface area contributed by atoms with Gasteiger partial charge >= 0.3 is 0 Å². The number of hydrazone groups is 1. The van der Waals surface area contributed by atoms with E-state index in [1.807, 2.05) is 48.5 Å². The number of halogens is 2. The van der Waals surface area contributed by atoms with Crippen molar-refractivity contribution in [2.45, 2.75) is 0 Å². The van der Waals surface area contributed by atoms with Crippen LogP contribution in [-0.2, 0) is 4.79 Å². The van der Waals surface area contributed by atoms with Gasteiger partial charge in [0.25, 0.3) is 5.91 Å². The fraction of sp³-hybridized carbons (Fsp3) is 0.0526. The summed E-state index contributed by atoms with van der Waals surface area (Å²) in [5.41, 5.74) is 3.40. The van der Waals surface area contributed by atoms with Crippen LogP contribution in [0.25, 0.3) is 10.8 Å². The van der Waals surface area contributed by atoms with Gasteiger partial charge in [0.1, 0.15) is 5.75 Å². The molecule has 3 aromatic carbocycles. The Bertz CT molecular complexity index is 944. The second kappa shape index (κ2) is 8.31. The molecule has 0 aliphatic rings. The highest BCUT2D eigenvalue weighted by atomic mass is 127. The molecule has 0 saturated heterocycles. The zero-order valence-electron chi connectivity index (χ0n) is 13.1. The molecule has 6 heteroatoms. The van der Waals surface area contributed by atoms with Gasteiger partial charge in [-0.25, -0.2) is 5.43 Å². The standard InChI is InChI=1S/C19H14ClIN2O2/c20-16-9-10-18(15-7-3-2-6-14(15)16)25-12-19(24)23-22-11-13-5-1-4-8-17(13)21/h1-11H,12H2,(H,23,24)/b22-11+. The molecule has 0 aromatic heterocycles. The second-order valence-corrected chi connectivity index (χ2v) is 6.76. The third kappa shape index (κ3) is 4.49. The number of amides is 1. The maximum atomic E-state index is 11.9. The predicted octanol–water partition coefficient (Wildman–Crippen LogP) is 4.63.